The number of Topliss-reactive ketones (excluding diaryl/α,β-unsaturated/α-hetero) is 1. The molecule has 0 radical (unpaired) electrons. The average Bonchev–Trinajstić information content (AvgIpc) is 3.04. The maximum Gasteiger partial charge on any atom is 0.303 e. The van der Waals surface area contributed by atoms with Gasteiger partial charge in [0.15, 0.2) is 11.6 Å². The van der Waals surface area contributed by atoms with E-state index in [1.54, 1.807) is 6.08 Å². The van der Waals surface area contributed by atoms with Crippen LogP contribution in [0.25, 0.3) is 0 Å². The summed E-state index contributed by atoms with van der Waals surface area (Å²) in [5.74, 6) is 0.469. The first-order chi connectivity index (χ1) is 14.6. The normalized spacial score (nSPS) is 41.4. The lowest BCUT2D eigenvalue weighted by Gasteiger charge is -2.59. The molecule has 0 bridgehead atoms. The number of fused-ring (bicyclic) bond motifs is 5. The van der Waals surface area contributed by atoms with Gasteiger partial charge in [-0.25, -0.2) is 0 Å². The van der Waals surface area contributed by atoms with Crippen molar-refractivity contribution >= 4 is 23.5 Å². The second-order valence-electron chi connectivity index (χ2n) is 10.6. The Labute approximate surface area is 184 Å². The molecule has 0 aliphatic heterocycles. The second kappa shape index (κ2) is 7.86. The minimum atomic E-state index is -0.424. The lowest BCUT2D eigenvalue weighted by Crippen LogP contribution is -2.55. The number of ether oxygens (including phenoxy) is 2. The number of rotatable bonds is 4. The Hall–Kier alpha value is -1.98. The smallest absolute Gasteiger partial charge is 0.303 e. The van der Waals surface area contributed by atoms with E-state index in [4.69, 9.17) is 9.47 Å². The van der Waals surface area contributed by atoms with Crippen LogP contribution in [0.15, 0.2) is 11.6 Å². The van der Waals surface area contributed by atoms with Crippen molar-refractivity contribution in [2.75, 3.05) is 6.61 Å². The van der Waals surface area contributed by atoms with Crippen LogP contribution in [-0.4, -0.2) is 36.2 Å². The molecular weight excluding hydrogens is 396 g/mol. The number of carbonyl (C=O) groups excluding carboxylic acids is 4. The summed E-state index contributed by atoms with van der Waals surface area (Å²) in [5.41, 5.74) is 0.739. The third-order valence-corrected chi connectivity index (χ3v) is 9.07. The predicted octanol–water partition coefficient (Wildman–Crippen LogP) is 3.81. The summed E-state index contributed by atoms with van der Waals surface area (Å²) >= 11 is 0. The summed E-state index contributed by atoms with van der Waals surface area (Å²) in [6, 6.07) is 0. The second-order valence-corrected chi connectivity index (χ2v) is 10.6. The van der Waals surface area contributed by atoms with Gasteiger partial charge in [-0.3, -0.25) is 19.2 Å². The standard InChI is InChI=1S/C25H34O6/c1-14(26)30-13-22(29)20-6-5-18-17-12-23(31-15(2)27)21-11-16(28)7-9-25(21,4)19(17)8-10-24(18,20)3/h11,17-20,23H,5-10,12-13H2,1-4H3/t17-,18+,19-,20-,23-,24-,25+/m0/s1. The van der Waals surface area contributed by atoms with Gasteiger partial charge in [0.25, 0.3) is 0 Å². The zero-order chi connectivity index (χ0) is 22.6. The van der Waals surface area contributed by atoms with E-state index in [1.807, 2.05) is 0 Å². The highest BCUT2D eigenvalue weighted by Crippen LogP contribution is 2.67. The van der Waals surface area contributed by atoms with Crippen molar-refractivity contribution in [1.29, 1.82) is 0 Å². The molecule has 4 aliphatic rings. The minimum Gasteiger partial charge on any atom is -0.458 e. The molecule has 0 aromatic rings. The van der Waals surface area contributed by atoms with Crippen molar-refractivity contribution in [2.45, 2.75) is 78.7 Å². The summed E-state index contributed by atoms with van der Waals surface area (Å²) in [6.45, 7) is 7.10. The first-order valence-electron chi connectivity index (χ1n) is 11.6. The van der Waals surface area contributed by atoms with Crippen molar-refractivity contribution in [3.05, 3.63) is 11.6 Å². The van der Waals surface area contributed by atoms with Gasteiger partial charge in [0.1, 0.15) is 12.7 Å². The fourth-order valence-corrected chi connectivity index (χ4v) is 7.69. The summed E-state index contributed by atoms with van der Waals surface area (Å²) < 4.78 is 10.8. The lowest BCUT2D eigenvalue weighted by molar-refractivity contribution is -0.155. The third kappa shape index (κ3) is 3.66. The quantitative estimate of drug-likeness (QED) is 0.631. The molecule has 3 fully saturated rings. The molecule has 0 heterocycles. The maximum atomic E-state index is 12.9. The van der Waals surface area contributed by atoms with Crippen molar-refractivity contribution < 1.29 is 28.7 Å². The van der Waals surface area contributed by atoms with Crippen molar-refractivity contribution in [2.24, 2.45) is 34.5 Å². The molecule has 4 aliphatic carbocycles. The van der Waals surface area contributed by atoms with Crippen LogP contribution in [0.5, 0.6) is 0 Å². The summed E-state index contributed by atoms with van der Waals surface area (Å²) in [5, 5.41) is 0. The molecule has 0 amide bonds. The zero-order valence-electron chi connectivity index (χ0n) is 19.1. The van der Waals surface area contributed by atoms with Crippen LogP contribution in [0.3, 0.4) is 0 Å². The monoisotopic (exact) mass is 430 g/mol. The molecule has 4 rings (SSSR count). The lowest BCUT2D eigenvalue weighted by atomic mass is 9.46. The first-order valence-corrected chi connectivity index (χ1v) is 11.6. The average molecular weight is 431 g/mol. The third-order valence-electron chi connectivity index (χ3n) is 9.07. The summed E-state index contributed by atoms with van der Waals surface area (Å²) in [6.07, 6.45) is 7.22. The van der Waals surface area contributed by atoms with Gasteiger partial charge in [-0.2, -0.15) is 0 Å². The Morgan fingerprint density at radius 1 is 1.03 bits per heavy atom. The van der Waals surface area contributed by atoms with Crippen LogP contribution in [0.2, 0.25) is 0 Å². The highest BCUT2D eigenvalue weighted by molar-refractivity contribution is 5.92. The number of carbonyl (C=O) groups is 4. The molecule has 7 atom stereocenters. The molecule has 0 unspecified atom stereocenters. The number of hydrogen-bond donors (Lipinski definition) is 0. The van der Waals surface area contributed by atoms with Gasteiger partial charge in [-0.05, 0) is 78.8 Å². The van der Waals surface area contributed by atoms with Crippen LogP contribution in [0.1, 0.15) is 72.6 Å². The first kappa shape index (κ1) is 22.2. The van der Waals surface area contributed by atoms with E-state index in [1.165, 1.54) is 13.8 Å². The molecule has 6 nitrogen and oxygen atoms in total. The highest BCUT2D eigenvalue weighted by atomic mass is 16.5. The Kier molecular flexibility index (Phi) is 5.63. The van der Waals surface area contributed by atoms with Gasteiger partial charge >= 0.3 is 11.9 Å². The molecule has 31 heavy (non-hydrogen) atoms. The van der Waals surface area contributed by atoms with Crippen molar-refractivity contribution in [1.82, 2.24) is 0 Å². The van der Waals surface area contributed by atoms with Crippen LogP contribution >= 0.6 is 0 Å². The van der Waals surface area contributed by atoms with E-state index >= 15 is 0 Å². The van der Waals surface area contributed by atoms with Crippen LogP contribution < -0.4 is 0 Å². The predicted molar refractivity (Wildman–Crippen MR) is 113 cm³/mol. The molecule has 170 valence electrons. The number of ketones is 2. The minimum absolute atomic E-state index is 0.0288. The fourth-order valence-electron chi connectivity index (χ4n) is 7.69. The van der Waals surface area contributed by atoms with E-state index in [0.717, 1.165) is 44.1 Å². The van der Waals surface area contributed by atoms with Crippen LogP contribution in [0, 0.1) is 34.5 Å². The van der Waals surface area contributed by atoms with E-state index in [0.29, 0.717) is 24.2 Å². The number of hydrogen-bond acceptors (Lipinski definition) is 6. The highest BCUT2D eigenvalue weighted by Gasteiger charge is 2.62. The topological polar surface area (TPSA) is 86.7 Å². The SMILES string of the molecule is CC(=O)OCC(=O)[C@@H]1CC[C@@H]2[C@@H]3C[C@H](OC(C)=O)C4=CC(=O)CC[C@]4(C)[C@H]3CC[C@@]21C. The van der Waals surface area contributed by atoms with Crippen LogP contribution in [0.4, 0.5) is 0 Å². The van der Waals surface area contributed by atoms with E-state index in [-0.39, 0.29) is 47.0 Å². The molecule has 0 spiro atoms. The van der Waals surface area contributed by atoms with E-state index in [9.17, 15) is 19.2 Å². The molecule has 6 heteroatoms. The molecule has 0 aromatic heterocycles. The molecule has 0 N–H and O–H groups in total. The summed E-state index contributed by atoms with van der Waals surface area (Å²) in [4.78, 5) is 48.2. The largest absolute Gasteiger partial charge is 0.458 e. The Bertz CT molecular complexity index is 843. The Morgan fingerprint density at radius 3 is 2.45 bits per heavy atom. The zero-order valence-corrected chi connectivity index (χ0v) is 19.1. The van der Waals surface area contributed by atoms with Gasteiger partial charge in [0.2, 0.25) is 0 Å². The van der Waals surface area contributed by atoms with Crippen LogP contribution in [-0.2, 0) is 28.7 Å². The summed E-state index contributed by atoms with van der Waals surface area (Å²) in [7, 11) is 0. The fraction of sp³-hybridized carbons (Fsp3) is 0.760. The molecular formula is C25H34O6. The van der Waals surface area contributed by atoms with Gasteiger partial charge in [-0.1, -0.05) is 13.8 Å². The Morgan fingerprint density at radius 2 is 1.77 bits per heavy atom. The molecule has 0 saturated heterocycles. The van der Waals surface area contributed by atoms with Gasteiger partial charge < -0.3 is 9.47 Å². The maximum absolute atomic E-state index is 12.9. The molecule has 0 aromatic carbocycles. The van der Waals surface area contributed by atoms with Gasteiger partial charge in [-0.15, -0.1) is 0 Å². The molecule has 3 saturated carbocycles. The van der Waals surface area contributed by atoms with E-state index < -0.39 is 5.97 Å². The Balaban J connectivity index is 1.63. The van der Waals surface area contributed by atoms with Gasteiger partial charge in [0.05, 0.1) is 0 Å². The van der Waals surface area contributed by atoms with Crippen molar-refractivity contribution in [3.63, 3.8) is 0 Å². The van der Waals surface area contributed by atoms with E-state index in [2.05, 4.69) is 13.8 Å². The van der Waals surface area contributed by atoms with Gasteiger partial charge in [0, 0.05) is 26.2 Å². The van der Waals surface area contributed by atoms with Crippen molar-refractivity contribution in [3.8, 4) is 0 Å². The number of esters is 2.